The van der Waals surface area contributed by atoms with E-state index in [0.717, 1.165) is 22.8 Å². The second-order valence-electron chi connectivity index (χ2n) is 5.30. The van der Waals surface area contributed by atoms with Crippen molar-refractivity contribution in [2.45, 2.75) is 14.3 Å². The van der Waals surface area contributed by atoms with Gasteiger partial charge in [-0.3, -0.25) is 4.79 Å². The van der Waals surface area contributed by atoms with Gasteiger partial charge in [-0.25, -0.2) is 4.98 Å². The summed E-state index contributed by atoms with van der Waals surface area (Å²) in [6, 6.07) is 14.2. The molecule has 0 saturated carbocycles. The molecule has 3 aromatic rings. The number of carbonyl (C=O) groups excluding carboxylic acids is 1. The normalized spacial score (nSPS) is 12.8. The molecule has 1 amide bonds. The number of para-hydroxylation sites is 2. The highest BCUT2D eigenvalue weighted by molar-refractivity contribution is 8.00. The van der Waals surface area contributed by atoms with Crippen LogP contribution in [0.3, 0.4) is 0 Å². The number of hydrogen-bond acceptors (Lipinski definition) is 4. The Morgan fingerprint density at radius 3 is 2.50 bits per heavy atom. The summed E-state index contributed by atoms with van der Waals surface area (Å²) < 4.78 is 3.35. The van der Waals surface area contributed by atoms with Gasteiger partial charge < -0.3 is 15.0 Å². The molecule has 3 rings (SSSR count). The molecule has 0 bridgehead atoms. The number of thioether (sulfide) groups is 1. The van der Waals surface area contributed by atoms with Crippen LogP contribution in [0.15, 0.2) is 53.7 Å². The molecule has 9 heteroatoms. The van der Waals surface area contributed by atoms with E-state index in [9.17, 15) is 4.79 Å². The number of aromatic nitrogens is 2. The minimum atomic E-state index is -1.73. The van der Waals surface area contributed by atoms with E-state index in [-0.39, 0.29) is 5.91 Å². The average Bonchev–Trinajstić information content (AvgIpc) is 3.03. The molecule has 26 heavy (non-hydrogen) atoms. The summed E-state index contributed by atoms with van der Waals surface area (Å²) in [5, 5.41) is 2.43. The predicted molar refractivity (Wildman–Crippen MR) is 106 cm³/mol. The largest absolute Gasteiger partial charge is 0.497 e. The molecule has 1 heterocycles. The Balaban J connectivity index is 1.78. The summed E-state index contributed by atoms with van der Waals surface area (Å²) in [5.41, 5.74) is 2.08. The topological polar surface area (TPSA) is 67.0 Å². The van der Waals surface area contributed by atoms with E-state index < -0.39 is 9.17 Å². The number of ether oxygens (including phenoxy) is 1. The molecule has 0 fully saturated rings. The van der Waals surface area contributed by atoms with Crippen LogP contribution < -0.4 is 10.1 Å². The Labute approximate surface area is 169 Å². The number of carbonyl (C=O) groups is 1. The smallest absolute Gasteiger partial charge is 0.252 e. The SMILES string of the molecule is COc1ccc(C(=O)NC(Sc2nc3ccccc3[nH]2)C(Cl)(Cl)Cl)cc1. The molecule has 1 atom stereocenters. The number of halogens is 3. The number of rotatable bonds is 5. The highest BCUT2D eigenvalue weighted by atomic mass is 35.6. The Hall–Kier alpha value is -1.60. The minimum absolute atomic E-state index is 0.368. The molecule has 136 valence electrons. The van der Waals surface area contributed by atoms with E-state index >= 15 is 0 Å². The summed E-state index contributed by atoms with van der Waals surface area (Å²) in [6.07, 6.45) is 0. The van der Waals surface area contributed by atoms with Crippen molar-refractivity contribution in [1.82, 2.24) is 15.3 Å². The number of hydrogen-bond donors (Lipinski definition) is 2. The van der Waals surface area contributed by atoms with Crippen LogP contribution in [0.1, 0.15) is 10.4 Å². The molecule has 0 spiro atoms. The monoisotopic (exact) mass is 429 g/mol. The Bertz CT molecular complexity index is 877. The highest BCUT2D eigenvalue weighted by Crippen LogP contribution is 2.39. The first-order chi connectivity index (χ1) is 12.4. The second-order valence-corrected chi connectivity index (χ2v) is 8.76. The zero-order chi connectivity index (χ0) is 18.7. The van der Waals surface area contributed by atoms with E-state index in [1.54, 1.807) is 31.4 Å². The quantitative estimate of drug-likeness (QED) is 0.347. The van der Waals surface area contributed by atoms with Crippen LogP contribution in [0.2, 0.25) is 0 Å². The van der Waals surface area contributed by atoms with Crippen molar-refractivity contribution in [2.24, 2.45) is 0 Å². The summed E-state index contributed by atoms with van der Waals surface area (Å²) >= 11 is 19.3. The van der Waals surface area contributed by atoms with Crippen molar-refractivity contribution in [1.29, 1.82) is 0 Å². The standard InChI is InChI=1S/C17H14Cl3N3O2S/c1-25-11-8-6-10(7-9-11)14(24)23-15(17(18,19)20)26-16-21-12-4-2-3-5-13(12)22-16/h2-9,15H,1H3,(H,21,22)(H,23,24). The van der Waals surface area contributed by atoms with Gasteiger partial charge in [0.15, 0.2) is 5.16 Å². The van der Waals surface area contributed by atoms with Crippen LogP contribution in [-0.2, 0) is 0 Å². The lowest BCUT2D eigenvalue weighted by Gasteiger charge is -2.24. The van der Waals surface area contributed by atoms with Gasteiger partial charge in [-0.2, -0.15) is 0 Å². The fraction of sp³-hybridized carbons (Fsp3) is 0.176. The third-order valence-electron chi connectivity index (χ3n) is 3.51. The number of methoxy groups -OCH3 is 1. The summed E-state index contributed by atoms with van der Waals surface area (Å²) in [4.78, 5) is 20.1. The van der Waals surface area contributed by atoms with Crippen LogP contribution in [-0.4, -0.2) is 32.2 Å². The van der Waals surface area contributed by atoms with Crippen molar-refractivity contribution >= 4 is 63.5 Å². The maximum absolute atomic E-state index is 12.5. The van der Waals surface area contributed by atoms with Crippen molar-refractivity contribution in [3.8, 4) is 5.75 Å². The fourth-order valence-electron chi connectivity index (χ4n) is 2.22. The molecular formula is C17H14Cl3N3O2S. The Kier molecular flexibility index (Phi) is 5.87. The molecule has 0 aliphatic carbocycles. The molecule has 0 aliphatic rings. The van der Waals surface area contributed by atoms with Gasteiger partial charge in [-0.15, -0.1) is 0 Å². The number of alkyl halides is 3. The van der Waals surface area contributed by atoms with Gasteiger partial charge in [0.05, 0.1) is 18.1 Å². The van der Waals surface area contributed by atoms with E-state index in [4.69, 9.17) is 39.5 Å². The van der Waals surface area contributed by atoms with Crippen LogP contribution in [0.4, 0.5) is 0 Å². The Morgan fingerprint density at radius 2 is 1.88 bits per heavy atom. The lowest BCUT2D eigenvalue weighted by atomic mass is 10.2. The lowest BCUT2D eigenvalue weighted by molar-refractivity contribution is 0.0950. The maximum atomic E-state index is 12.5. The number of nitrogens with one attached hydrogen (secondary N) is 2. The highest BCUT2D eigenvalue weighted by Gasteiger charge is 2.36. The minimum Gasteiger partial charge on any atom is -0.497 e. The molecule has 1 unspecified atom stereocenters. The number of aromatic amines is 1. The fourth-order valence-corrected chi connectivity index (χ4v) is 3.63. The van der Waals surface area contributed by atoms with Gasteiger partial charge in [-0.1, -0.05) is 58.7 Å². The van der Waals surface area contributed by atoms with Crippen LogP contribution in [0.25, 0.3) is 11.0 Å². The first-order valence-corrected chi connectivity index (χ1v) is 9.51. The molecule has 0 radical (unpaired) electrons. The molecular weight excluding hydrogens is 417 g/mol. The molecule has 2 N–H and O–H groups in total. The van der Waals surface area contributed by atoms with E-state index in [1.807, 2.05) is 24.3 Å². The van der Waals surface area contributed by atoms with Gasteiger partial charge in [0.2, 0.25) is 3.79 Å². The zero-order valence-electron chi connectivity index (χ0n) is 13.5. The van der Waals surface area contributed by atoms with Crippen LogP contribution >= 0.6 is 46.6 Å². The van der Waals surface area contributed by atoms with Crippen molar-refractivity contribution in [2.75, 3.05) is 7.11 Å². The van der Waals surface area contributed by atoms with E-state index in [2.05, 4.69) is 15.3 Å². The van der Waals surface area contributed by atoms with Crippen LogP contribution in [0.5, 0.6) is 5.75 Å². The van der Waals surface area contributed by atoms with Gasteiger partial charge in [0, 0.05) is 5.56 Å². The lowest BCUT2D eigenvalue weighted by Crippen LogP contribution is -2.41. The number of amides is 1. The van der Waals surface area contributed by atoms with Gasteiger partial charge in [-0.05, 0) is 36.4 Å². The summed E-state index contributed by atoms with van der Waals surface area (Å²) in [5.74, 6) is 0.281. The number of H-pyrrole nitrogens is 1. The zero-order valence-corrected chi connectivity index (χ0v) is 16.6. The van der Waals surface area contributed by atoms with E-state index in [1.165, 1.54) is 0 Å². The number of benzene rings is 2. The number of fused-ring (bicyclic) bond motifs is 1. The van der Waals surface area contributed by atoms with Crippen molar-refractivity contribution < 1.29 is 9.53 Å². The average molecular weight is 431 g/mol. The maximum Gasteiger partial charge on any atom is 0.252 e. The van der Waals surface area contributed by atoms with Crippen molar-refractivity contribution in [3.63, 3.8) is 0 Å². The first-order valence-electron chi connectivity index (χ1n) is 7.50. The third-order valence-corrected chi connectivity index (χ3v) is 5.68. The third kappa shape index (κ3) is 4.57. The molecule has 5 nitrogen and oxygen atoms in total. The molecule has 0 saturated heterocycles. The predicted octanol–water partition coefficient (Wildman–Crippen LogP) is 4.79. The molecule has 1 aromatic heterocycles. The summed E-state index contributed by atoms with van der Waals surface area (Å²) in [7, 11) is 1.55. The van der Waals surface area contributed by atoms with Gasteiger partial charge >= 0.3 is 0 Å². The van der Waals surface area contributed by atoms with Gasteiger partial charge in [0.25, 0.3) is 5.91 Å². The van der Waals surface area contributed by atoms with Crippen molar-refractivity contribution in [3.05, 3.63) is 54.1 Å². The number of imidazole rings is 1. The van der Waals surface area contributed by atoms with Gasteiger partial charge in [0.1, 0.15) is 11.1 Å². The summed E-state index contributed by atoms with van der Waals surface area (Å²) in [6.45, 7) is 0. The number of nitrogens with zero attached hydrogens (tertiary/aromatic N) is 1. The molecule has 0 aliphatic heterocycles. The Morgan fingerprint density at radius 1 is 1.19 bits per heavy atom. The first kappa shape index (κ1) is 19.2. The second kappa shape index (κ2) is 7.96. The molecule has 2 aromatic carbocycles. The van der Waals surface area contributed by atoms with Crippen LogP contribution in [0, 0.1) is 0 Å². The van der Waals surface area contributed by atoms with E-state index in [0.29, 0.717) is 16.5 Å².